The second-order valence-corrected chi connectivity index (χ2v) is 12.3. The first-order valence-electron chi connectivity index (χ1n) is 15.3. The number of benzene rings is 4. The van der Waals surface area contributed by atoms with Crippen molar-refractivity contribution in [1.29, 1.82) is 0 Å². The van der Waals surface area contributed by atoms with Crippen molar-refractivity contribution < 1.29 is 14.3 Å². The first-order valence-corrected chi connectivity index (χ1v) is 16.1. The lowest BCUT2D eigenvalue weighted by Crippen LogP contribution is -2.43. The minimum absolute atomic E-state index is 0.0329. The molecule has 45 heavy (non-hydrogen) atoms. The number of hydrogen-bond donors (Lipinski definition) is 0. The van der Waals surface area contributed by atoms with Crippen LogP contribution in [0.15, 0.2) is 93.9 Å². The van der Waals surface area contributed by atoms with Gasteiger partial charge in [-0.2, -0.15) is 0 Å². The van der Waals surface area contributed by atoms with Crippen molar-refractivity contribution in [3.8, 4) is 11.5 Å². The summed E-state index contributed by atoms with van der Waals surface area (Å²) in [5.41, 5.74) is 2.55. The Morgan fingerprint density at radius 3 is 2.31 bits per heavy atom. The van der Waals surface area contributed by atoms with Crippen LogP contribution >= 0.6 is 11.3 Å². The summed E-state index contributed by atoms with van der Waals surface area (Å²) < 4.78 is 14.2. The zero-order valence-corrected chi connectivity index (χ0v) is 27.3. The second-order valence-electron chi connectivity index (χ2n) is 11.3. The van der Waals surface area contributed by atoms with Crippen molar-refractivity contribution in [3.63, 3.8) is 0 Å². The van der Waals surface area contributed by atoms with Gasteiger partial charge in [0.1, 0.15) is 17.5 Å². The van der Waals surface area contributed by atoms with Gasteiger partial charge in [0.05, 0.1) is 29.0 Å². The number of carbonyl (C=O) groups is 1. The number of amides is 1. The Hall–Kier alpha value is -4.69. The third-order valence-corrected chi connectivity index (χ3v) is 9.28. The van der Waals surface area contributed by atoms with Gasteiger partial charge in [-0.15, -0.1) is 0 Å². The fraction of sp³-hybridized carbons (Fsp3) is 0.270. The molecule has 0 saturated carbocycles. The van der Waals surface area contributed by atoms with E-state index in [0.29, 0.717) is 39.4 Å². The minimum Gasteiger partial charge on any atom is -0.496 e. The molecule has 8 heteroatoms. The molecule has 1 aliphatic rings. The van der Waals surface area contributed by atoms with Gasteiger partial charge in [0.25, 0.3) is 11.5 Å². The predicted molar refractivity (Wildman–Crippen MR) is 182 cm³/mol. The molecule has 1 atom stereocenters. The fourth-order valence-corrected chi connectivity index (χ4v) is 7.24. The number of rotatable bonds is 8. The highest BCUT2D eigenvalue weighted by Crippen LogP contribution is 2.40. The van der Waals surface area contributed by atoms with Gasteiger partial charge in [0.15, 0.2) is 4.80 Å². The second kappa shape index (κ2) is 12.4. The van der Waals surface area contributed by atoms with Crippen LogP contribution in [0.2, 0.25) is 0 Å². The third-order valence-electron chi connectivity index (χ3n) is 8.29. The Balaban J connectivity index is 1.64. The highest BCUT2D eigenvalue weighted by Gasteiger charge is 2.36. The van der Waals surface area contributed by atoms with Gasteiger partial charge in [0, 0.05) is 24.0 Å². The molecule has 0 aliphatic carbocycles. The molecule has 0 spiro atoms. The van der Waals surface area contributed by atoms with E-state index < -0.39 is 6.04 Å². The van der Waals surface area contributed by atoms with E-state index in [9.17, 15) is 9.59 Å². The third kappa shape index (κ3) is 5.33. The van der Waals surface area contributed by atoms with Crippen molar-refractivity contribution in [1.82, 2.24) is 9.47 Å². The Kier molecular flexibility index (Phi) is 8.34. The standard InChI is InChI=1S/C37H37N3O4S/c1-7-39(8-2)36(42)32-23(5)38-37-40(34(32)33-27-15-10-9-13-24(27)17-20-30(33)43-6)35(41)31(45-37)21-25-18-19-29(44-22(3)4)28-16-12-11-14-26(25)28/h9-22,34H,7-8H2,1-6H3/b31-21+/t34-/m0/s1. The van der Waals surface area contributed by atoms with Crippen LogP contribution in [0.25, 0.3) is 27.6 Å². The number of hydrogen-bond acceptors (Lipinski definition) is 6. The zero-order valence-electron chi connectivity index (χ0n) is 26.5. The van der Waals surface area contributed by atoms with Crippen molar-refractivity contribution in [3.05, 3.63) is 115 Å². The molecule has 2 heterocycles. The smallest absolute Gasteiger partial charge is 0.271 e. The van der Waals surface area contributed by atoms with E-state index in [1.807, 2.05) is 113 Å². The average Bonchev–Trinajstić information content (AvgIpc) is 3.35. The molecule has 5 aromatic rings. The molecule has 1 aliphatic heterocycles. The van der Waals surface area contributed by atoms with Crippen LogP contribution in [-0.2, 0) is 4.79 Å². The highest BCUT2D eigenvalue weighted by atomic mass is 32.1. The van der Waals surface area contributed by atoms with Crippen LogP contribution in [0.5, 0.6) is 11.5 Å². The molecule has 0 saturated heterocycles. The largest absolute Gasteiger partial charge is 0.496 e. The van der Waals surface area contributed by atoms with Gasteiger partial charge in [0.2, 0.25) is 0 Å². The molecule has 0 fully saturated rings. The monoisotopic (exact) mass is 619 g/mol. The number of nitrogens with zero attached hydrogens (tertiary/aromatic N) is 3. The molecule has 0 unspecified atom stereocenters. The Bertz CT molecular complexity index is 2150. The van der Waals surface area contributed by atoms with Crippen molar-refractivity contribution >= 4 is 44.9 Å². The Morgan fingerprint density at radius 1 is 0.956 bits per heavy atom. The summed E-state index contributed by atoms with van der Waals surface area (Å²) in [6.07, 6.45) is 1.96. The predicted octanol–water partition coefficient (Wildman–Crippen LogP) is 6.21. The van der Waals surface area contributed by atoms with E-state index in [-0.39, 0.29) is 17.6 Å². The maximum Gasteiger partial charge on any atom is 0.271 e. The first kappa shape index (κ1) is 30.3. The summed E-state index contributed by atoms with van der Waals surface area (Å²) in [4.78, 5) is 35.9. The molecule has 0 bridgehead atoms. The first-order chi connectivity index (χ1) is 21.8. The van der Waals surface area contributed by atoms with Gasteiger partial charge in [-0.25, -0.2) is 4.99 Å². The summed E-state index contributed by atoms with van der Waals surface area (Å²) in [7, 11) is 1.62. The number of likely N-dealkylation sites (N-methyl/N-ethyl adjacent to an activating group) is 1. The quantitative estimate of drug-likeness (QED) is 0.207. The van der Waals surface area contributed by atoms with Gasteiger partial charge in [-0.3, -0.25) is 14.2 Å². The normalized spacial score (nSPS) is 15.0. The highest BCUT2D eigenvalue weighted by molar-refractivity contribution is 7.07. The molecule has 0 N–H and O–H groups in total. The van der Waals surface area contributed by atoms with Gasteiger partial charge >= 0.3 is 0 Å². The maximum atomic E-state index is 14.5. The van der Waals surface area contributed by atoms with Gasteiger partial charge in [-0.05, 0) is 74.5 Å². The lowest BCUT2D eigenvalue weighted by Gasteiger charge is -2.30. The number of fused-ring (bicyclic) bond motifs is 3. The summed E-state index contributed by atoms with van der Waals surface area (Å²) in [6, 6.07) is 23.2. The van der Waals surface area contributed by atoms with Gasteiger partial charge in [-0.1, -0.05) is 72.0 Å². The molecule has 230 valence electrons. The van der Waals surface area contributed by atoms with E-state index in [4.69, 9.17) is 14.5 Å². The maximum absolute atomic E-state index is 14.5. The lowest BCUT2D eigenvalue weighted by molar-refractivity contribution is -0.127. The number of carbonyl (C=O) groups excluding carboxylic acids is 1. The van der Waals surface area contributed by atoms with Crippen LogP contribution in [0, 0.1) is 0 Å². The van der Waals surface area contributed by atoms with Crippen molar-refractivity contribution in [2.75, 3.05) is 20.2 Å². The van der Waals surface area contributed by atoms with E-state index in [2.05, 4.69) is 0 Å². The van der Waals surface area contributed by atoms with E-state index in [0.717, 1.165) is 38.4 Å². The molecule has 4 aromatic carbocycles. The molecule has 1 aromatic heterocycles. The number of ether oxygens (including phenoxy) is 2. The van der Waals surface area contributed by atoms with Crippen LogP contribution in [0.1, 0.15) is 51.8 Å². The topological polar surface area (TPSA) is 73.1 Å². The van der Waals surface area contributed by atoms with Crippen molar-refractivity contribution in [2.45, 2.75) is 46.8 Å². The Morgan fingerprint density at radius 2 is 1.62 bits per heavy atom. The van der Waals surface area contributed by atoms with E-state index >= 15 is 0 Å². The minimum atomic E-state index is -0.726. The number of allylic oxidation sites excluding steroid dienone is 1. The van der Waals surface area contributed by atoms with Crippen LogP contribution < -0.4 is 24.4 Å². The van der Waals surface area contributed by atoms with E-state index in [1.165, 1.54) is 11.3 Å². The number of thiazole rings is 1. The molecule has 6 rings (SSSR count). The molecule has 0 radical (unpaired) electrons. The summed E-state index contributed by atoms with van der Waals surface area (Å²) in [5.74, 6) is 1.28. The Labute approximate surface area is 266 Å². The number of methoxy groups -OCH3 is 1. The molecule has 7 nitrogen and oxygen atoms in total. The number of aromatic nitrogens is 1. The molecular weight excluding hydrogens is 582 g/mol. The summed E-state index contributed by atoms with van der Waals surface area (Å²) >= 11 is 1.33. The van der Waals surface area contributed by atoms with Crippen LogP contribution in [0.3, 0.4) is 0 Å². The van der Waals surface area contributed by atoms with Crippen LogP contribution in [-0.4, -0.2) is 41.7 Å². The SMILES string of the molecule is CCN(CC)C(=O)C1=C(C)N=c2s/c(=C/c3ccc(OC(C)C)c4ccccc34)c(=O)n2[C@@H]1c1c(OC)ccc2ccccc12. The van der Waals surface area contributed by atoms with Crippen LogP contribution in [0.4, 0.5) is 0 Å². The average molecular weight is 620 g/mol. The van der Waals surface area contributed by atoms with E-state index in [1.54, 1.807) is 16.6 Å². The summed E-state index contributed by atoms with van der Waals surface area (Å²) in [6.45, 7) is 10.9. The lowest BCUT2D eigenvalue weighted by atomic mass is 9.90. The summed E-state index contributed by atoms with van der Waals surface area (Å²) in [5, 5.41) is 3.88. The fourth-order valence-electron chi connectivity index (χ4n) is 6.20. The molecule has 1 amide bonds. The van der Waals surface area contributed by atoms with Crippen molar-refractivity contribution in [2.24, 2.45) is 4.99 Å². The zero-order chi connectivity index (χ0) is 31.8. The molecular formula is C37H37N3O4S. The van der Waals surface area contributed by atoms with Gasteiger partial charge < -0.3 is 14.4 Å².